The molecule has 2 N–H and O–H groups in total. The highest BCUT2D eigenvalue weighted by Gasteiger charge is 2.19. The van der Waals surface area contributed by atoms with E-state index in [1.165, 1.54) is 6.92 Å². The van der Waals surface area contributed by atoms with Gasteiger partial charge in [-0.2, -0.15) is 5.10 Å². The van der Waals surface area contributed by atoms with Crippen LogP contribution in [0.3, 0.4) is 0 Å². The lowest BCUT2D eigenvalue weighted by molar-refractivity contribution is -0.121. The highest BCUT2D eigenvalue weighted by Crippen LogP contribution is 2.27. The van der Waals surface area contributed by atoms with Crippen LogP contribution in [0.2, 0.25) is 10.0 Å². The molecule has 0 saturated heterocycles. The van der Waals surface area contributed by atoms with E-state index in [4.69, 9.17) is 23.2 Å². The second-order valence-corrected chi connectivity index (χ2v) is 8.27. The van der Waals surface area contributed by atoms with Gasteiger partial charge in [-0.05, 0) is 56.7 Å². The molecular weight excluding hydrogens is 435 g/mol. The van der Waals surface area contributed by atoms with Crippen molar-refractivity contribution in [2.24, 2.45) is 0 Å². The zero-order valence-corrected chi connectivity index (χ0v) is 19.3. The van der Waals surface area contributed by atoms with Crippen molar-refractivity contribution >= 4 is 40.7 Å². The number of carbonyl (C=O) groups is 2. The van der Waals surface area contributed by atoms with E-state index < -0.39 is 0 Å². The maximum absolute atomic E-state index is 12.8. The lowest BCUT2D eigenvalue weighted by Gasteiger charge is -2.16. The summed E-state index contributed by atoms with van der Waals surface area (Å²) < 4.78 is 1.73. The Morgan fingerprint density at radius 3 is 2.55 bits per heavy atom. The third kappa shape index (κ3) is 5.46. The van der Waals surface area contributed by atoms with Crippen LogP contribution >= 0.6 is 23.2 Å². The molecule has 162 valence electrons. The van der Waals surface area contributed by atoms with Crippen molar-refractivity contribution in [1.29, 1.82) is 0 Å². The van der Waals surface area contributed by atoms with Gasteiger partial charge in [0.25, 0.3) is 0 Å². The Bertz CT molecular complexity index is 1140. The number of hydrogen-bond acceptors (Lipinski definition) is 3. The summed E-state index contributed by atoms with van der Waals surface area (Å²) in [5, 5.41) is 11.4. The van der Waals surface area contributed by atoms with E-state index >= 15 is 0 Å². The van der Waals surface area contributed by atoms with Crippen LogP contribution in [-0.4, -0.2) is 21.6 Å². The fraction of sp³-hybridized carbons (Fsp3) is 0.261. The first-order chi connectivity index (χ1) is 14.7. The fourth-order valence-corrected chi connectivity index (χ4v) is 3.93. The van der Waals surface area contributed by atoms with Crippen molar-refractivity contribution < 1.29 is 9.59 Å². The summed E-state index contributed by atoms with van der Waals surface area (Å²) in [7, 11) is 0. The molecule has 1 aromatic heterocycles. The predicted octanol–water partition coefficient (Wildman–Crippen LogP) is 5.17. The Hall–Kier alpha value is -2.83. The molecule has 0 fully saturated rings. The van der Waals surface area contributed by atoms with Crippen molar-refractivity contribution in [2.45, 2.75) is 40.2 Å². The summed E-state index contributed by atoms with van der Waals surface area (Å²) in [6, 6.07) is 12.4. The molecule has 0 radical (unpaired) electrons. The number of carbonyl (C=O) groups excluding carboxylic acids is 2. The zero-order valence-electron chi connectivity index (χ0n) is 17.8. The van der Waals surface area contributed by atoms with E-state index in [0.29, 0.717) is 21.4 Å². The van der Waals surface area contributed by atoms with E-state index in [0.717, 1.165) is 22.5 Å². The molecule has 1 atom stereocenters. The average Bonchev–Trinajstić information content (AvgIpc) is 2.95. The molecule has 0 aliphatic carbocycles. The molecule has 1 heterocycles. The molecule has 0 saturated carbocycles. The van der Waals surface area contributed by atoms with Crippen LogP contribution in [0.1, 0.15) is 42.4 Å². The van der Waals surface area contributed by atoms with Crippen molar-refractivity contribution in [1.82, 2.24) is 15.1 Å². The van der Waals surface area contributed by atoms with Gasteiger partial charge in [0.05, 0.1) is 28.9 Å². The second-order valence-electron chi connectivity index (χ2n) is 7.43. The van der Waals surface area contributed by atoms with Gasteiger partial charge in [-0.25, -0.2) is 4.68 Å². The number of amides is 2. The number of hydrogen-bond donors (Lipinski definition) is 2. The van der Waals surface area contributed by atoms with Gasteiger partial charge < -0.3 is 10.6 Å². The maximum Gasteiger partial charge on any atom is 0.225 e. The Balaban J connectivity index is 1.75. The number of rotatable bonds is 6. The summed E-state index contributed by atoms with van der Waals surface area (Å²) in [5.41, 5.74) is 4.76. The molecule has 8 heteroatoms. The molecule has 2 aromatic carbocycles. The number of aromatic nitrogens is 2. The first kappa shape index (κ1) is 22.8. The van der Waals surface area contributed by atoms with Crippen LogP contribution in [-0.2, 0) is 16.0 Å². The first-order valence-electron chi connectivity index (χ1n) is 9.83. The Morgan fingerprint density at radius 1 is 1.13 bits per heavy atom. The van der Waals surface area contributed by atoms with Crippen molar-refractivity contribution in [2.75, 3.05) is 5.32 Å². The summed E-state index contributed by atoms with van der Waals surface area (Å²) in [5.74, 6) is -0.261. The molecule has 0 aliphatic rings. The van der Waals surface area contributed by atoms with Crippen LogP contribution in [0.15, 0.2) is 42.5 Å². The van der Waals surface area contributed by atoms with Gasteiger partial charge in [0.2, 0.25) is 11.8 Å². The monoisotopic (exact) mass is 458 g/mol. The van der Waals surface area contributed by atoms with E-state index in [2.05, 4.69) is 15.7 Å². The highest BCUT2D eigenvalue weighted by molar-refractivity contribution is 6.35. The summed E-state index contributed by atoms with van der Waals surface area (Å²) in [4.78, 5) is 24.0. The second kappa shape index (κ2) is 9.54. The van der Waals surface area contributed by atoms with Gasteiger partial charge in [-0.15, -0.1) is 0 Å². The Kier molecular flexibility index (Phi) is 7.03. The molecule has 3 aromatic rings. The molecule has 1 unspecified atom stereocenters. The van der Waals surface area contributed by atoms with Crippen LogP contribution in [0.25, 0.3) is 5.69 Å². The van der Waals surface area contributed by atoms with Gasteiger partial charge in [0.15, 0.2) is 0 Å². The van der Waals surface area contributed by atoms with Gasteiger partial charge in [-0.3, -0.25) is 9.59 Å². The van der Waals surface area contributed by atoms with Gasteiger partial charge in [0, 0.05) is 28.9 Å². The standard InChI is InChI=1S/C23H24Cl2N4O2/c1-13(17-6-5-7-19(10-17)27-16(4)30)26-23(31)12-20-14(2)28-29(15(20)3)22-9-8-18(24)11-21(22)25/h5-11,13H,12H2,1-4H3,(H,26,31)(H,27,30). The van der Waals surface area contributed by atoms with E-state index in [9.17, 15) is 9.59 Å². The first-order valence-corrected chi connectivity index (χ1v) is 10.6. The smallest absolute Gasteiger partial charge is 0.225 e. The number of anilines is 1. The molecule has 3 rings (SSSR count). The normalized spacial score (nSPS) is 11.8. The minimum atomic E-state index is -0.220. The average molecular weight is 459 g/mol. The molecule has 0 aliphatic heterocycles. The SMILES string of the molecule is CC(=O)Nc1cccc(C(C)NC(=O)Cc2c(C)nn(-c3ccc(Cl)cc3Cl)c2C)c1. The fourth-order valence-electron chi connectivity index (χ4n) is 3.44. The van der Waals surface area contributed by atoms with Crippen molar-refractivity contribution in [3.05, 3.63) is 75.0 Å². The summed E-state index contributed by atoms with van der Waals surface area (Å²) in [6.45, 7) is 7.14. The number of nitrogens with one attached hydrogen (secondary N) is 2. The van der Waals surface area contributed by atoms with E-state index in [1.807, 2.05) is 45.0 Å². The van der Waals surface area contributed by atoms with Crippen LogP contribution in [0.4, 0.5) is 5.69 Å². The third-order valence-corrected chi connectivity index (χ3v) is 5.54. The molecule has 0 spiro atoms. The molecule has 0 bridgehead atoms. The highest BCUT2D eigenvalue weighted by atomic mass is 35.5. The minimum absolute atomic E-state index is 0.120. The van der Waals surface area contributed by atoms with Crippen LogP contribution in [0, 0.1) is 13.8 Å². The number of nitrogens with zero attached hydrogens (tertiary/aromatic N) is 2. The lowest BCUT2D eigenvalue weighted by atomic mass is 10.1. The topological polar surface area (TPSA) is 76.0 Å². The Morgan fingerprint density at radius 2 is 1.87 bits per heavy atom. The molecule has 31 heavy (non-hydrogen) atoms. The van der Waals surface area contributed by atoms with Crippen molar-refractivity contribution in [3.8, 4) is 5.69 Å². The van der Waals surface area contributed by atoms with Gasteiger partial charge in [0.1, 0.15) is 0 Å². The number of aryl methyl sites for hydroxylation is 1. The Labute approximate surface area is 191 Å². The van der Waals surface area contributed by atoms with E-state index in [1.54, 1.807) is 22.9 Å². The van der Waals surface area contributed by atoms with E-state index in [-0.39, 0.29) is 24.3 Å². The summed E-state index contributed by atoms with van der Waals surface area (Å²) >= 11 is 12.3. The third-order valence-electron chi connectivity index (χ3n) is 5.00. The molecule has 2 amide bonds. The minimum Gasteiger partial charge on any atom is -0.349 e. The maximum atomic E-state index is 12.8. The predicted molar refractivity (Wildman–Crippen MR) is 124 cm³/mol. The summed E-state index contributed by atoms with van der Waals surface area (Å²) in [6.07, 6.45) is 0.193. The number of halogens is 2. The van der Waals surface area contributed by atoms with Crippen molar-refractivity contribution in [3.63, 3.8) is 0 Å². The van der Waals surface area contributed by atoms with Gasteiger partial charge in [-0.1, -0.05) is 35.3 Å². The molecule has 6 nitrogen and oxygen atoms in total. The quantitative estimate of drug-likeness (QED) is 0.534. The number of benzene rings is 2. The van der Waals surface area contributed by atoms with Gasteiger partial charge >= 0.3 is 0 Å². The van der Waals surface area contributed by atoms with Crippen LogP contribution in [0.5, 0.6) is 0 Å². The largest absolute Gasteiger partial charge is 0.349 e. The molecular formula is C23H24Cl2N4O2. The zero-order chi connectivity index (χ0) is 22.7. The van der Waals surface area contributed by atoms with Crippen LogP contribution < -0.4 is 10.6 Å². The lowest BCUT2D eigenvalue weighted by Crippen LogP contribution is -2.28.